The maximum absolute atomic E-state index is 11.3. The fraction of sp³-hybridized carbons (Fsp3) is 0.417. The number of aromatic nitrogens is 2. The number of hydrogen-bond donors (Lipinski definition) is 2. The molecule has 2 N–H and O–H groups in total. The molecule has 2 atom stereocenters. The molecular formula is C24H29N3O3. The van der Waals surface area contributed by atoms with Crippen molar-refractivity contribution >= 4 is 16.9 Å². The molecule has 1 aliphatic rings. The molecule has 158 valence electrons. The van der Waals surface area contributed by atoms with Crippen molar-refractivity contribution in [3.63, 3.8) is 0 Å². The number of fused-ring (bicyclic) bond motifs is 1. The maximum atomic E-state index is 11.3. The van der Waals surface area contributed by atoms with Crippen LogP contribution in [0, 0.1) is 13.8 Å². The van der Waals surface area contributed by atoms with Crippen LogP contribution in [0.1, 0.15) is 58.7 Å². The van der Waals surface area contributed by atoms with Gasteiger partial charge in [0.2, 0.25) is 0 Å². The molecule has 0 radical (unpaired) electrons. The van der Waals surface area contributed by atoms with Crippen LogP contribution in [0.5, 0.6) is 0 Å². The van der Waals surface area contributed by atoms with Gasteiger partial charge in [0.05, 0.1) is 22.9 Å². The van der Waals surface area contributed by atoms with Gasteiger partial charge in [-0.15, -0.1) is 0 Å². The van der Waals surface area contributed by atoms with Crippen LogP contribution < -0.4 is 0 Å². The highest BCUT2D eigenvalue weighted by Gasteiger charge is 2.31. The smallest absolute Gasteiger partial charge is 0.335 e. The molecule has 0 saturated carbocycles. The minimum Gasteiger partial charge on any atom is -0.478 e. The van der Waals surface area contributed by atoms with Gasteiger partial charge in [0.15, 0.2) is 0 Å². The van der Waals surface area contributed by atoms with Gasteiger partial charge in [-0.25, -0.2) is 4.79 Å². The van der Waals surface area contributed by atoms with Gasteiger partial charge < -0.3 is 14.8 Å². The topological polar surface area (TPSA) is 78.5 Å². The van der Waals surface area contributed by atoms with Crippen molar-refractivity contribution in [2.24, 2.45) is 0 Å². The molecule has 0 spiro atoms. The predicted molar refractivity (Wildman–Crippen MR) is 117 cm³/mol. The van der Waals surface area contributed by atoms with Gasteiger partial charge in [-0.3, -0.25) is 9.88 Å². The number of benzene rings is 1. The summed E-state index contributed by atoms with van der Waals surface area (Å²) in [5, 5.41) is 10.5. The summed E-state index contributed by atoms with van der Waals surface area (Å²) in [5.74, 6) is -0.898. The lowest BCUT2D eigenvalue weighted by Gasteiger charge is -2.40. The number of nitrogens with zero attached hydrogens (tertiary/aromatic N) is 2. The number of likely N-dealkylation sites (tertiary alicyclic amines) is 1. The number of rotatable bonds is 6. The highest BCUT2D eigenvalue weighted by molar-refractivity contribution is 5.87. The number of ether oxygens (including phenoxy) is 1. The van der Waals surface area contributed by atoms with E-state index >= 15 is 0 Å². The summed E-state index contributed by atoms with van der Waals surface area (Å²) in [6, 6.07) is 9.60. The average Bonchev–Trinajstić information content (AvgIpc) is 3.22. The van der Waals surface area contributed by atoms with Crippen molar-refractivity contribution in [3.8, 4) is 0 Å². The molecule has 6 nitrogen and oxygen atoms in total. The number of carboxylic acids is 1. The molecule has 1 aromatic carbocycles. The van der Waals surface area contributed by atoms with E-state index in [1.54, 1.807) is 12.1 Å². The quantitative estimate of drug-likeness (QED) is 0.623. The summed E-state index contributed by atoms with van der Waals surface area (Å²) < 4.78 is 5.95. The number of aryl methyl sites for hydroxylation is 2. The number of aromatic carboxylic acids is 1. The average molecular weight is 408 g/mol. The second-order valence-corrected chi connectivity index (χ2v) is 8.04. The minimum atomic E-state index is -0.898. The molecule has 0 bridgehead atoms. The lowest BCUT2D eigenvalue weighted by Crippen LogP contribution is -2.39. The molecule has 30 heavy (non-hydrogen) atoms. The number of aromatic amines is 1. The number of hydrogen-bond acceptors (Lipinski definition) is 4. The van der Waals surface area contributed by atoms with Gasteiger partial charge in [0.1, 0.15) is 0 Å². The Morgan fingerprint density at radius 2 is 2.00 bits per heavy atom. The second-order valence-electron chi connectivity index (χ2n) is 8.04. The molecule has 2 aromatic heterocycles. The fourth-order valence-corrected chi connectivity index (χ4v) is 4.65. The fourth-order valence-electron chi connectivity index (χ4n) is 4.65. The van der Waals surface area contributed by atoms with E-state index in [0.717, 1.165) is 48.4 Å². The first-order valence-corrected chi connectivity index (χ1v) is 10.6. The Hall–Kier alpha value is -2.70. The van der Waals surface area contributed by atoms with Crippen molar-refractivity contribution in [1.82, 2.24) is 14.9 Å². The van der Waals surface area contributed by atoms with Crippen molar-refractivity contribution in [2.75, 3.05) is 13.2 Å². The Labute approximate surface area is 176 Å². The zero-order chi connectivity index (χ0) is 21.3. The molecule has 4 rings (SSSR count). The first-order valence-electron chi connectivity index (χ1n) is 10.6. The van der Waals surface area contributed by atoms with E-state index in [9.17, 15) is 9.90 Å². The van der Waals surface area contributed by atoms with Crippen LogP contribution in [-0.4, -0.2) is 45.2 Å². The lowest BCUT2D eigenvalue weighted by atomic mass is 9.91. The van der Waals surface area contributed by atoms with Gasteiger partial charge >= 0.3 is 5.97 Å². The number of H-pyrrole nitrogens is 1. The minimum absolute atomic E-state index is 0.174. The van der Waals surface area contributed by atoms with E-state index in [1.807, 2.05) is 32.2 Å². The summed E-state index contributed by atoms with van der Waals surface area (Å²) in [5.41, 5.74) is 5.88. The van der Waals surface area contributed by atoms with Crippen LogP contribution in [0.25, 0.3) is 10.9 Å². The number of pyridine rings is 1. The summed E-state index contributed by atoms with van der Waals surface area (Å²) in [6.45, 7) is 8.59. The largest absolute Gasteiger partial charge is 0.478 e. The van der Waals surface area contributed by atoms with Crippen molar-refractivity contribution in [3.05, 3.63) is 64.6 Å². The third kappa shape index (κ3) is 3.98. The molecule has 0 unspecified atom stereocenters. The summed E-state index contributed by atoms with van der Waals surface area (Å²) in [4.78, 5) is 21.8. The molecule has 3 aromatic rings. The highest BCUT2D eigenvalue weighted by atomic mass is 16.5. The number of piperidine rings is 1. The van der Waals surface area contributed by atoms with E-state index in [1.165, 1.54) is 10.9 Å². The Bertz CT molecular complexity index is 1040. The SMILES string of the molecule is CCO[C@H]1CCN(Cc2c(C)nc(C)c3[nH]ccc23)[C@H](c2ccc(C(=O)O)cc2)C1. The van der Waals surface area contributed by atoms with Crippen LogP contribution in [0.2, 0.25) is 0 Å². The molecule has 0 amide bonds. The van der Waals surface area contributed by atoms with Crippen LogP contribution >= 0.6 is 0 Å². The highest BCUT2D eigenvalue weighted by Crippen LogP contribution is 2.35. The van der Waals surface area contributed by atoms with Gasteiger partial charge in [0, 0.05) is 43.0 Å². The first-order chi connectivity index (χ1) is 14.5. The van der Waals surface area contributed by atoms with Gasteiger partial charge in [-0.1, -0.05) is 12.1 Å². The molecular weight excluding hydrogens is 378 g/mol. The molecule has 6 heteroatoms. The summed E-state index contributed by atoms with van der Waals surface area (Å²) in [6.07, 6.45) is 4.09. The van der Waals surface area contributed by atoms with Crippen LogP contribution in [0.3, 0.4) is 0 Å². The second kappa shape index (κ2) is 8.58. The zero-order valence-electron chi connectivity index (χ0n) is 17.8. The number of carbonyl (C=O) groups is 1. The van der Waals surface area contributed by atoms with Gasteiger partial charge in [-0.2, -0.15) is 0 Å². The van der Waals surface area contributed by atoms with Crippen LogP contribution in [0.4, 0.5) is 0 Å². The van der Waals surface area contributed by atoms with Gasteiger partial charge in [0.25, 0.3) is 0 Å². The third-order valence-corrected chi connectivity index (χ3v) is 6.18. The molecule has 1 fully saturated rings. The number of nitrogens with one attached hydrogen (secondary N) is 1. The van der Waals surface area contributed by atoms with E-state index in [-0.39, 0.29) is 12.1 Å². The maximum Gasteiger partial charge on any atom is 0.335 e. The van der Waals surface area contributed by atoms with Crippen molar-refractivity contribution < 1.29 is 14.6 Å². The van der Waals surface area contributed by atoms with Crippen molar-refractivity contribution in [2.45, 2.75) is 52.3 Å². The van der Waals surface area contributed by atoms with Gasteiger partial charge in [-0.05, 0) is 62.9 Å². The Morgan fingerprint density at radius 1 is 1.23 bits per heavy atom. The molecule has 0 aliphatic carbocycles. The van der Waals surface area contributed by atoms with Crippen LogP contribution in [0.15, 0.2) is 36.5 Å². The zero-order valence-corrected chi connectivity index (χ0v) is 17.8. The molecule has 3 heterocycles. The standard InChI is InChI=1S/C24H29N3O3/c1-4-30-19-10-12-27(22(13-19)17-5-7-18(8-6-17)24(28)29)14-21-15(2)26-16(3)23-20(21)9-11-25-23/h5-9,11,19,22,25H,4,10,12-14H2,1-3H3,(H,28,29)/t19-,22-/m0/s1. The monoisotopic (exact) mass is 407 g/mol. The Kier molecular flexibility index (Phi) is 5.88. The number of carboxylic acid groups (broad SMARTS) is 1. The summed E-state index contributed by atoms with van der Waals surface area (Å²) >= 11 is 0. The van der Waals surface area contributed by atoms with Crippen LogP contribution in [-0.2, 0) is 11.3 Å². The Morgan fingerprint density at radius 3 is 2.70 bits per heavy atom. The lowest BCUT2D eigenvalue weighted by molar-refractivity contribution is -0.0137. The van der Waals surface area contributed by atoms with E-state index in [2.05, 4.69) is 22.9 Å². The molecule has 1 saturated heterocycles. The third-order valence-electron chi connectivity index (χ3n) is 6.18. The van der Waals surface area contributed by atoms with E-state index in [4.69, 9.17) is 9.72 Å². The first kappa shape index (κ1) is 20.6. The molecule has 1 aliphatic heterocycles. The van der Waals surface area contributed by atoms with Crippen molar-refractivity contribution in [1.29, 1.82) is 0 Å². The van der Waals surface area contributed by atoms with E-state index in [0.29, 0.717) is 12.2 Å². The normalized spacial score (nSPS) is 20.0. The predicted octanol–water partition coefficient (Wildman–Crippen LogP) is 4.62. The van der Waals surface area contributed by atoms with E-state index < -0.39 is 5.97 Å². The Balaban J connectivity index is 1.67. The summed E-state index contributed by atoms with van der Waals surface area (Å²) in [7, 11) is 0.